The molecule has 0 aliphatic rings. The summed E-state index contributed by atoms with van der Waals surface area (Å²) >= 11 is 0. The Hall–Kier alpha value is -2.97. The summed E-state index contributed by atoms with van der Waals surface area (Å²) < 4.78 is 9.61. The number of hydrogen-bond donors (Lipinski definition) is 4. The van der Waals surface area contributed by atoms with Crippen LogP contribution in [-0.4, -0.2) is 30.9 Å². The van der Waals surface area contributed by atoms with E-state index in [0.717, 1.165) is 5.56 Å². The molecule has 0 saturated carbocycles. The molecule has 0 atom stereocenters. The van der Waals surface area contributed by atoms with Crippen molar-refractivity contribution in [3.63, 3.8) is 0 Å². The number of aryl methyl sites for hydroxylation is 1. The van der Waals surface area contributed by atoms with Crippen molar-refractivity contribution in [3.05, 3.63) is 23.8 Å². The van der Waals surface area contributed by atoms with Crippen LogP contribution in [0.3, 0.4) is 0 Å². The highest BCUT2D eigenvalue weighted by atomic mass is 16.6. The summed E-state index contributed by atoms with van der Waals surface area (Å²) in [5, 5.41) is 5.08. The highest BCUT2D eigenvalue weighted by molar-refractivity contribution is 5.92. The Kier molecular flexibility index (Phi) is 7.34. The lowest BCUT2D eigenvalue weighted by molar-refractivity contribution is 0.112. The van der Waals surface area contributed by atoms with E-state index in [1.807, 2.05) is 0 Å². The molecule has 0 fully saturated rings. The quantitative estimate of drug-likeness (QED) is 0.630. The van der Waals surface area contributed by atoms with E-state index in [0.29, 0.717) is 11.4 Å². The molecule has 4 N–H and O–H groups in total. The minimum Gasteiger partial charge on any atom is -0.450 e. The van der Waals surface area contributed by atoms with Crippen molar-refractivity contribution in [2.75, 3.05) is 17.2 Å². The lowest BCUT2D eigenvalue weighted by Crippen LogP contribution is -2.44. The predicted molar refractivity (Wildman–Crippen MR) is 88.7 cm³/mol. The van der Waals surface area contributed by atoms with Gasteiger partial charge in [-0.25, -0.2) is 25.2 Å². The average molecular weight is 338 g/mol. The minimum atomic E-state index is -0.770. The molecule has 4 amide bonds. The number of benzene rings is 1. The topological polar surface area (TPSA) is 118 Å². The molecule has 0 aromatic heterocycles. The van der Waals surface area contributed by atoms with Crippen molar-refractivity contribution in [1.82, 2.24) is 10.9 Å². The Morgan fingerprint density at radius 3 is 2.42 bits per heavy atom. The van der Waals surface area contributed by atoms with Gasteiger partial charge in [0.15, 0.2) is 0 Å². The van der Waals surface area contributed by atoms with Crippen molar-refractivity contribution >= 4 is 29.6 Å². The fourth-order valence-corrected chi connectivity index (χ4v) is 1.63. The van der Waals surface area contributed by atoms with E-state index in [1.54, 1.807) is 45.9 Å². The molecule has 0 aliphatic carbocycles. The molecular formula is C15H22N4O5. The van der Waals surface area contributed by atoms with E-state index >= 15 is 0 Å². The minimum absolute atomic E-state index is 0.253. The van der Waals surface area contributed by atoms with Crippen LogP contribution in [0, 0.1) is 6.92 Å². The van der Waals surface area contributed by atoms with Gasteiger partial charge in [-0.15, -0.1) is 0 Å². The zero-order chi connectivity index (χ0) is 18.1. The van der Waals surface area contributed by atoms with Gasteiger partial charge in [0.25, 0.3) is 0 Å². The molecular weight excluding hydrogens is 316 g/mol. The van der Waals surface area contributed by atoms with Crippen molar-refractivity contribution in [2.45, 2.75) is 33.8 Å². The number of ether oxygens (including phenoxy) is 2. The molecule has 9 heteroatoms. The molecule has 132 valence electrons. The molecule has 0 heterocycles. The third-order valence-corrected chi connectivity index (χ3v) is 2.63. The number of amides is 4. The average Bonchev–Trinajstić information content (AvgIpc) is 2.48. The van der Waals surface area contributed by atoms with E-state index in [9.17, 15) is 14.4 Å². The van der Waals surface area contributed by atoms with Crippen molar-refractivity contribution in [1.29, 1.82) is 0 Å². The number of carbonyl (C=O) groups is 3. The Labute approximate surface area is 140 Å². The van der Waals surface area contributed by atoms with Crippen LogP contribution in [0.1, 0.15) is 26.3 Å². The molecule has 24 heavy (non-hydrogen) atoms. The monoisotopic (exact) mass is 338 g/mol. The van der Waals surface area contributed by atoms with Crippen LogP contribution in [0.2, 0.25) is 0 Å². The summed E-state index contributed by atoms with van der Waals surface area (Å²) in [5.41, 5.74) is 5.96. The summed E-state index contributed by atoms with van der Waals surface area (Å²) in [6, 6.07) is 4.27. The summed E-state index contributed by atoms with van der Waals surface area (Å²) in [6.45, 7) is 7.12. The molecule has 0 bridgehead atoms. The van der Waals surface area contributed by atoms with Gasteiger partial charge in [-0.1, -0.05) is 6.07 Å². The molecule has 9 nitrogen and oxygen atoms in total. The van der Waals surface area contributed by atoms with Crippen LogP contribution < -0.4 is 21.5 Å². The zero-order valence-electron chi connectivity index (χ0n) is 14.1. The first-order valence-corrected chi connectivity index (χ1v) is 7.39. The van der Waals surface area contributed by atoms with Gasteiger partial charge in [-0.05, 0) is 45.4 Å². The van der Waals surface area contributed by atoms with Gasteiger partial charge in [0.1, 0.15) is 0 Å². The summed E-state index contributed by atoms with van der Waals surface area (Å²) in [5.74, 6) is 0. The number of urea groups is 1. The number of hydrogen-bond acceptors (Lipinski definition) is 5. The Morgan fingerprint density at radius 1 is 1.08 bits per heavy atom. The van der Waals surface area contributed by atoms with Gasteiger partial charge in [0, 0.05) is 11.4 Å². The maximum atomic E-state index is 11.7. The van der Waals surface area contributed by atoms with Crippen molar-refractivity contribution < 1.29 is 23.9 Å². The molecule has 0 radical (unpaired) electrons. The van der Waals surface area contributed by atoms with Gasteiger partial charge >= 0.3 is 18.2 Å². The second-order valence-electron chi connectivity index (χ2n) is 5.03. The highest BCUT2D eigenvalue weighted by Crippen LogP contribution is 2.20. The van der Waals surface area contributed by atoms with Crippen LogP contribution in [-0.2, 0) is 9.47 Å². The lowest BCUT2D eigenvalue weighted by atomic mass is 10.2. The Balaban J connectivity index is 2.59. The standard InChI is InChI=1S/C15H22N4O5/c1-5-23-14(21)17-12-8-11(7-6-10(12)4)16-13(20)18-19-15(22)24-9(2)3/h6-9H,5H2,1-4H3,(H,17,21)(H,19,22)(H2,16,18,20). The van der Waals surface area contributed by atoms with E-state index in [1.165, 1.54) is 0 Å². The second kappa shape index (κ2) is 9.23. The van der Waals surface area contributed by atoms with Crippen LogP contribution in [0.25, 0.3) is 0 Å². The number of anilines is 2. The summed E-state index contributed by atoms with van der Waals surface area (Å²) in [4.78, 5) is 34.4. The molecule has 0 unspecified atom stereocenters. The largest absolute Gasteiger partial charge is 0.450 e. The number of carbonyl (C=O) groups excluding carboxylic acids is 3. The molecule has 1 aromatic carbocycles. The predicted octanol–water partition coefficient (Wildman–Crippen LogP) is 2.73. The Bertz CT molecular complexity index is 604. The van der Waals surface area contributed by atoms with Crippen molar-refractivity contribution in [2.24, 2.45) is 0 Å². The molecule has 0 aliphatic heterocycles. The SMILES string of the molecule is CCOC(=O)Nc1cc(NC(=O)NNC(=O)OC(C)C)ccc1C. The van der Waals surface area contributed by atoms with Gasteiger partial charge < -0.3 is 14.8 Å². The van der Waals surface area contributed by atoms with Crippen LogP contribution in [0.4, 0.5) is 25.8 Å². The molecule has 1 rings (SSSR count). The molecule has 0 saturated heterocycles. The van der Waals surface area contributed by atoms with Gasteiger partial charge in [-0.2, -0.15) is 0 Å². The first kappa shape index (κ1) is 19.1. The van der Waals surface area contributed by atoms with E-state index in [4.69, 9.17) is 9.47 Å². The Morgan fingerprint density at radius 2 is 1.79 bits per heavy atom. The van der Waals surface area contributed by atoms with Gasteiger partial charge in [0.2, 0.25) is 0 Å². The molecule has 0 spiro atoms. The fraction of sp³-hybridized carbons (Fsp3) is 0.400. The van der Waals surface area contributed by atoms with E-state index in [2.05, 4.69) is 21.5 Å². The lowest BCUT2D eigenvalue weighted by Gasteiger charge is -2.13. The van der Waals surface area contributed by atoms with Crippen molar-refractivity contribution in [3.8, 4) is 0 Å². The molecule has 1 aromatic rings. The van der Waals surface area contributed by atoms with E-state index in [-0.39, 0.29) is 12.7 Å². The van der Waals surface area contributed by atoms with Crippen LogP contribution in [0.15, 0.2) is 18.2 Å². The first-order chi connectivity index (χ1) is 11.3. The zero-order valence-corrected chi connectivity index (χ0v) is 14.1. The first-order valence-electron chi connectivity index (χ1n) is 7.39. The summed E-state index contributed by atoms with van der Waals surface area (Å²) in [6.07, 6.45) is -1.66. The summed E-state index contributed by atoms with van der Waals surface area (Å²) in [7, 11) is 0. The maximum absolute atomic E-state index is 11.7. The van der Waals surface area contributed by atoms with E-state index < -0.39 is 18.2 Å². The van der Waals surface area contributed by atoms with Crippen LogP contribution >= 0.6 is 0 Å². The highest BCUT2D eigenvalue weighted by Gasteiger charge is 2.09. The second-order valence-corrected chi connectivity index (χ2v) is 5.03. The van der Waals surface area contributed by atoms with Crippen LogP contribution in [0.5, 0.6) is 0 Å². The number of rotatable bonds is 4. The fourth-order valence-electron chi connectivity index (χ4n) is 1.63. The third kappa shape index (κ3) is 6.86. The smallest absolute Gasteiger partial charge is 0.426 e. The van der Waals surface area contributed by atoms with Gasteiger partial charge in [-0.3, -0.25) is 5.32 Å². The normalized spacial score (nSPS) is 9.88. The third-order valence-electron chi connectivity index (χ3n) is 2.63. The van der Waals surface area contributed by atoms with Gasteiger partial charge in [0.05, 0.1) is 12.7 Å². The maximum Gasteiger partial charge on any atom is 0.426 e. The number of hydrazine groups is 1. The number of nitrogens with one attached hydrogen (secondary N) is 4.